The highest BCUT2D eigenvalue weighted by Crippen LogP contribution is 2.30. The fourth-order valence-corrected chi connectivity index (χ4v) is 2.43. The van der Waals surface area contributed by atoms with Gasteiger partial charge in [0.15, 0.2) is 5.96 Å². The molecule has 28 heavy (non-hydrogen) atoms. The van der Waals surface area contributed by atoms with Crippen LogP contribution < -0.4 is 10.6 Å². The van der Waals surface area contributed by atoms with Crippen molar-refractivity contribution in [2.24, 2.45) is 4.99 Å². The molecule has 0 aliphatic rings. The Morgan fingerprint density at radius 1 is 1.21 bits per heavy atom. The van der Waals surface area contributed by atoms with E-state index in [-0.39, 0.29) is 36.2 Å². The lowest BCUT2D eigenvalue weighted by Crippen LogP contribution is -2.38. The van der Waals surface area contributed by atoms with Crippen LogP contribution in [0.15, 0.2) is 53.5 Å². The second kappa shape index (κ2) is 10.2. The number of halogens is 4. The van der Waals surface area contributed by atoms with Crippen LogP contribution in [0.25, 0.3) is 0 Å². The van der Waals surface area contributed by atoms with Crippen molar-refractivity contribution < 1.29 is 18.1 Å². The Kier molecular flexibility index (Phi) is 8.66. The molecule has 2 aromatic rings. The number of rotatable bonds is 5. The minimum absolute atomic E-state index is 0. The van der Waals surface area contributed by atoms with Gasteiger partial charge in [0.1, 0.15) is 0 Å². The first-order chi connectivity index (χ1) is 12.7. The van der Waals surface area contributed by atoms with Crippen molar-refractivity contribution in [3.63, 3.8) is 0 Å². The highest BCUT2D eigenvalue weighted by atomic mass is 127. The predicted octanol–water partition coefficient (Wildman–Crippen LogP) is 4.66. The summed E-state index contributed by atoms with van der Waals surface area (Å²) in [6, 6.07) is 10.8. The van der Waals surface area contributed by atoms with Crippen LogP contribution >= 0.6 is 24.0 Å². The maximum Gasteiger partial charge on any atom is 0.416 e. The van der Waals surface area contributed by atoms with Crippen LogP contribution in [-0.2, 0) is 12.7 Å². The van der Waals surface area contributed by atoms with E-state index in [9.17, 15) is 23.3 Å². The highest BCUT2D eigenvalue weighted by Gasteiger charge is 2.30. The first kappa shape index (κ1) is 23.7. The number of non-ortho nitro benzene ring substituents is 1. The molecule has 0 bridgehead atoms. The molecular formula is C18H20F3IN4O2. The molecule has 0 aliphatic carbocycles. The lowest BCUT2D eigenvalue weighted by molar-refractivity contribution is -0.384. The number of hydrogen-bond acceptors (Lipinski definition) is 3. The third-order valence-electron chi connectivity index (χ3n) is 3.87. The van der Waals surface area contributed by atoms with Crippen molar-refractivity contribution in [1.82, 2.24) is 10.6 Å². The summed E-state index contributed by atoms with van der Waals surface area (Å²) in [5, 5.41) is 16.8. The highest BCUT2D eigenvalue weighted by molar-refractivity contribution is 14.0. The Morgan fingerprint density at radius 2 is 1.89 bits per heavy atom. The number of alkyl halides is 3. The molecule has 0 heterocycles. The molecule has 1 atom stereocenters. The van der Waals surface area contributed by atoms with E-state index < -0.39 is 22.7 Å². The van der Waals surface area contributed by atoms with E-state index in [0.29, 0.717) is 17.1 Å². The van der Waals surface area contributed by atoms with Crippen LogP contribution in [0.5, 0.6) is 0 Å². The first-order valence-electron chi connectivity index (χ1n) is 8.08. The molecule has 2 aromatic carbocycles. The molecule has 0 saturated heterocycles. The number of nitro groups is 1. The number of guanidine groups is 1. The average molecular weight is 508 g/mol. The third kappa shape index (κ3) is 6.66. The average Bonchev–Trinajstić information content (AvgIpc) is 2.64. The van der Waals surface area contributed by atoms with Crippen LogP contribution in [0, 0.1) is 10.1 Å². The Balaban J connectivity index is 0.00000392. The van der Waals surface area contributed by atoms with Gasteiger partial charge >= 0.3 is 6.18 Å². The van der Waals surface area contributed by atoms with Crippen LogP contribution in [0.1, 0.15) is 29.7 Å². The van der Waals surface area contributed by atoms with Gasteiger partial charge < -0.3 is 10.6 Å². The molecule has 6 nitrogen and oxygen atoms in total. The molecule has 0 fully saturated rings. The van der Waals surface area contributed by atoms with Crippen molar-refractivity contribution in [3.8, 4) is 0 Å². The third-order valence-corrected chi connectivity index (χ3v) is 3.87. The van der Waals surface area contributed by atoms with E-state index in [0.717, 1.165) is 12.1 Å². The summed E-state index contributed by atoms with van der Waals surface area (Å²) in [4.78, 5) is 14.4. The number of benzene rings is 2. The van der Waals surface area contributed by atoms with Gasteiger partial charge in [-0.05, 0) is 30.2 Å². The van der Waals surface area contributed by atoms with Crippen LogP contribution in [-0.4, -0.2) is 17.9 Å². The lowest BCUT2D eigenvalue weighted by Gasteiger charge is -2.19. The molecule has 0 aromatic heterocycles. The molecule has 2 rings (SSSR count). The molecule has 0 amide bonds. The van der Waals surface area contributed by atoms with Gasteiger partial charge in [-0.3, -0.25) is 15.1 Å². The van der Waals surface area contributed by atoms with Crippen LogP contribution in [0.3, 0.4) is 0 Å². The normalized spacial score (nSPS) is 12.7. The summed E-state index contributed by atoms with van der Waals surface area (Å²) in [5.74, 6) is 0.367. The zero-order valence-corrected chi connectivity index (χ0v) is 17.5. The summed E-state index contributed by atoms with van der Waals surface area (Å²) in [6.07, 6.45) is -4.41. The molecule has 2 N–H and O–H groups in total. The Bertz CT molecular complexity index is 844. The van der Waals surface area contributed by atoms with Gasteiger partial charge in [0, 0.05) is 25.7 Å². The maximum absolute atomic E-state index is 12.9. The summed E-state index contributed by atoms with van der Waals surface area (Å²) in [6.45, 7) is 1.99. The van der Waals surface area contributed by atoms with Gasteiger partial charge in [-0.15, -0.1) is 24.0 Å². The second-order valence-corrected chi connectivity index (χ2v) is 5.84. The Labute approximate surface area is 177 Å². The molecule has 10 heteroatoms. The molecular weight excluding hydrogens is 488 g/mol. The zero-order chi connectivity index (χ0) is 20.0. The van der Waals surface area contributed by atoms with Crippen LogP contribution in [0.4, 0.5) is 18.9 Å². The molecule has 0 saturated carbocycles. The van der Waals surface area contributed by atoms with Crippen molar-refractivity contribution in [2.75, 3.05) is 7.05 Å². The standard InChI is InChI=1S/C18H19F3N4O2.HI/c1-12(14-6-4-7-15(10-14)18(19,20)21)24-17(22-2)23-11-13-5-3-8-16(9-13)25(26)27;/h3-10,12H,11H2,1-2H3,(H2,22,23,24);1H. The van der Waals surface area contributed by atoms with E-state index >= 15 is 0 Å². The number of nitro benzene ring substituents is 1. The van der Waals surface area contributed by atoms with E-state index in [1.165, 1.54) is 25.2 Å². The predicted molar refractivity (Wildman–Crippen MR) is 112 cm³/mol. The lowest BCUT2D eigenvalue weighted by atomic mass is 10.1. The largest absolute Gasteiger partial charge is 0.416 e. The summed E-state index contributed by atoms with van der Waals surface area (Å²) in [7, 11) is 1.53. The monoisotopic (exact) mass is 508 g/mol. The van der Waals surface area contributed by atoms with Gasteiger partial charge in [-0.2, -0.15) is 13.2 Å². The molecule has 0 aliphatic heterocycles. The zero-order valence-electron chi connectivity index (χ0n) is 15.2. The fourth-order valence-electron chi connectivity index (χ4n) is 2.43. The molecule has 0 spiro atoms. The molecule has 0 radical (unpaired) electrons. The quantitative estimate of drug-likeness (QED) is 0.203. The van der Waals surface area contributed by atoms with Gasteiger partial charge in [0.05, 0.1) is 16.5 Å². The van der Waals surface area contributed by atoms with Gasteiger partial charge in [-0.25, -0.2) is 0 Å². The van der Waals surface area contributed by atoms with Crippen molar-refractivity contribution in [1.29, 1.82) is 0 Å². The van der Waals surface area contributed by atoms with Gasteiger partial charge in [0.25, 0.3) is 5.69 Å². The fraction of sp³-hybridized carbons (Fsp3) is 0.278. The van der Waals surface area contributed by atoms with E-state index in [2.05, 4.69) is 15.6 Å². The number of nitrogens with one attached hydrogen (secondary N) is 2. The minimum Gasteiger partial charge on any atom is -0.352 e. The van der Waals surface area contributed by atoms with Gasteiger partial charge in [0.2, 0.25) is 0 Å². The molecule has 152 valence electrons. The Hall–Kier alpha value is -2.37. The minimum atomic E-state index is -4.41. The smallest absolute Gasteiger partial charge is 0.352 e. The maximum atomic E-state index is 12.9. The topological polar surface area (TPSA) is 79.6 Å². The number of hydrogen-bond donors (Lipinski definition) is 2. The SMILES string of the molecule is CN=C(NCc1cccc([N+](=O)[O-])c1)NC(C)c1cccc(C(F)(F)F)c1.I. The number of nitrogens with zero attached hydrogens (tertiary/aromatic N) is 2. The van der Waals surface area contributed by atoms with Crippen LogP contribution in [0.2, 0.25) is 0 Å². The van der Waals surface area contributed by atoms with Crippen molar-refractivity contribution in [3.05, 3.63) is 75.3 Å². The summed E-state index contributed by atoms with van der Waals surface area (Å²) in [5.41, 5.74) is 0.407. The summed E-state index contributed by atoms with van der Waals surface area (Å²) >= 11 is 0. The van der Waals surface area contributed by atoms with Crippen molar-refractivity contribution >= 4 is 35.6 Å². The number of aliphatic imine (C=N–C) groups is 1. The molecule has 1 unspecified atom stereocenters. The van der Waals surface area contributed by atoms with Gasteiger partial charge in [-0.1, -0.05) is 24.3 Å². The van der Waals surface area contributed by atoms with E-state index in [1.54, 1.807) is 25.1 Å². The summed E-state index contributed by atoms with van der Waals surface area (Å²) < 4.78 is 38.6. The van der Waals surface area contributed by atoms with E-state index in [1.807, 2.05) is 0 Å². The van der Waals surface area contributed by atoms with Crippen molar-refractivity contribution in [2.45, 2.75) is 25.7 Å². The second-order valence-electron chi connectivity index (χ2n) is 5.84. The van der Waals surface area contributed by atoms with E-state index in [4.69, 9.17) is 0 Å². The Morgan fingerprint density at radius 3 is 2.50 bits per heavy atom. The first-order valence-corrected chi connectivity index (χ1v) is 8.08.